The first kappa shape index (κ1) is 13.2. The van der Waals surface area contributed by atoms with E-state index in [0.29, 0.717) is 0 Å². The van der Waals surface area contributed by atoms with E-state index >= 15 is 0 Å². The zero-order valence-corrected chi connectivity index (χ0v) is 12.1. The Hall–Kier alpha value is -1.81. The molecule has 0 unspecified atom stereocenters. The van der Waals surface area contributed by atoms with E-state index < -0.39 is 0 Å². The highest BCUT2D eigenvalue weighted by Crippen LogP contribution is 2.21. The van der Waals surface area contributed by atoms with Gasteiger partial charge in [0, 0.05) is 49.5 Å². The first-order chi connectivity index (χ1) is 9.66. The van der Waals surface area contributed by atoms with Gasteiger partial charge in [0.15, 0.2) is 0 Å². The average Bonchev–Trinajstić information content (AvgIpc) is 2.48. The van der Waals surface area contributed by atoms with Gasteiger partial charge in [-0.25, -0.2) is 0 Å². The van der Waals surface area contributed by atoms with E-state index in [1.54, 1.807) is 4.57 Å². The molecule has 0 bridgehead atoms. The molecule has 2 aromatic rings. The van der Waals surface area contributed by atoms with E-state index in [1.807, 2.05) is 32.2 Å². The quantitative estimate of drug-likeness (QED) is 0.907. The highest BCUT2D eigenvalue weighted by atomic mass is 16.1. The molecule has 0 spiro atoms. The number of anilines is 1. The van der Waals surface area contributed by atoms with Gasteiger partial charge in [-0.3, -0.25) is 4.79 Å². The number of fused-ring (bicyclic) bond motifs is 1. The van der Waals surface area contributed by atoms with Crippen molar-refractivity contribution in [2.75, 3.05) is 31.1 Å². The van der Waals surface area contributed by atoms with Crippen LogP contribution in [0.25, 0.3) is 10.8 Å². The van der Waals surface area contributed by atoms with Crippen molar-refractivity contribution in [3.05, 3.63) is 40.8 Å². The maximum atomic E-state index is 12.4. The molecule has 1 fully saturated rings. The molecule has 1 aliphatic heterocycles. The van der Waals surface area contributed by atoms with Crippen molar-refractivity contribution in [1.82, 2.24) is 9.88 Å². The molecule has 4 heteroatoms. The Kier molecular flexibility index (Phi) is 3.49. The van der Waals surface area contributed by atoms with Gasteiger partial charge in [0.2, 0.25) is 0 Å². The van der Waals surface area contributed by atoms with Gasteiger partial charge in [0.25, 0.3) is 5.56 Å². The fraction of sp³-hybridized carbons (Fsp3) is 0.438. The van der Waals surface area contributed by atoms with Crippen molar-refractivity contribution in [3.8, 4) is 0 Å². The molecule has 106 valence electrons. The molecule has 0 aliphatic carbocycles. The highest BCUT2D eigenvalue weighted by molar-refractivity contribution is 5.85. The van der Waals surface area contributed by atoms with Crippen LogP contribution in [0.15, 0.2) is 35.3 Å². The van der Waals surface area contributed by atoms with Crippen molar-refractivity contribution in [2.24, 2.45) is 0 Å². The summed E-state index contributed by atoms with van der Waals surface area (Å²) in [5, 5.41) is 5.19. The first-order valence-electron chi connectivity index (χ1n) is 7.27. The zero-order chi connectivity index (χ0) is 14.1. The number of pyridine rings is 1. The van der Waals surface area contributed by atoms with Crippen LogP contribution in [0.4, 0.5) is 5.69 Å². The third-order valence-corrected chi connectivity index (χ3v) is 3.95. The Bertz CT molecular complexity index is 669. The second kappa shape index (κ2) is 5.29. The third-order valence-electron chi connectivity index (χ3n) is 3.95. The van der Waals surface area contributed by atoms with Gasteiger partial charge in [0.05, 0.1) is 0 Å². The van der Waals surface area contributed by atoms with Gasteiger partial charge in [-0.05, 0) is 43.5 Å². The van der Waals surface area contributed by atoms with Gasteiger partial charge in [0.1, 0.15) is 0 Å². The monoisotopic (exact) mass is 271 g/mol. The number of piperazine rings is 1. The van der Waals surface area contributed by atoms with Crippen LogP contribution in [0.1, 0.15) is 19.9 Å². The Morgan fingerprint density at radius 3 is 2.60 bits per heavy atom. The third kappa shape index (κ3) is 2.31. The maximum absolute atomic E-state index is 12.4. The largest absolute Gasteiger partial charge is 0.369 e. The van der Waals surface area contributed by atoms with Crippen molar-refractivity contribution >= 4 is 16.5 Å². The summed E-state index contributed by atoms with van der Waals surface area (Å²) in [5.41, 5.74) is 1.31. The first-order valence-corrected chi connectivity index (χ1v) is 7.27. The molecule has 1 aromatic carbocycles. The summed E-state index contributed by atoms with van der Waals surface area (Å²) in [6.07, 6.45) is 1.90. The summed E-state index contributed by atoms with van der Waals surface area (Å²) in [7, 11) is 0. The van der Waals surface area contributed by atoms with Crippen LogP contribution < -0.4 is 15.8 Å². The van der Waals surface area contributed by atoms with Crippen LogP contribution in [-0.4, -0.2) is 30.7 Å². The van der Waals surface area contributed by atoms with E-state index in [9.17, 15) is 4.79 Å². The second-order valence-corrected chi connectivity index (χ2v) is 5.63. The van der Waals surface area contributed by atoms with E-state index in [2.05, 4.69) is 22.3 Å². The molecule has 0 radical (unpaired) electrons. The number of nitrogens with zero attached hydrogens (tertiary/aromatic N) is 2. The SMILES string of the molecule is CC(C)n1ccc2cc(N3CCNCC3)ccc2c1=O. The van der Waals surface area contributed by atoms with Crippen molar-refractivity contribution in [1.29, 1.82) is 0 Å². The second-order valence-electron chi connectivity index (χ2n) is 5.63. The summed E-state index contributed by atoms with van der Waals surface area (Å²) < 4.78 is 1.78. The fourth-order valence-electron chi connectivity index (χ4n) is 2.78. The van der Waals surface area contributed by atoms with E-state index in [-0.39, 0.29) is 11.6 Å². The van der Waals surface area contributed by atoms with Gasteiger partial charge in [-0.2, -0.15) is 0 Å². The Balaban J connectivity index is 2.04. The van der Waals surface area contributed by atoms with Crippen molar-refractivity contribution in [2.45, 2.75) is 19.9 Å². The molecular formula is C16H21N3O. The molecule has 0 amide bonds. The molecular weight excluding hydrogens is 250 g/mol. The standard InChI is InChI=1S/C16H21N3O/c1-12(2)19-8-5-13-11-14(3-4-15(13)16(19)20)18-9-6-17-7-10-18/h3-5,8,11-12,17H,6-7,9-10H2,1-2H3. The summed E-state index contributed by atoms with van der Waals surface area (Å²) in [6, 6.07) is 8.41. The molecule has 3 rings (SSSR count). The molecule has 2 heterocycles. The summed E-state index contributed by atoms with van der Waals surface area (Å²) in [5.74, 6) is 0. The summed E-state index contributed by atoms with van der Waals surface area (Å²) in [6.45, 7) is 8.15. The van der Waals surface area contributed by atoms with Crippen molar-refractivity contribution in [3.63, 3.8) is 0 Å². The zero-order valence-electron chi connectivity index (χ0n) is 12.1. The topological polar surface area (TPSA) is 37.3 Å². The fourth-order valence-corrected chi connectivity index (χ4v) is 2.78. The van der Waals surface area contributed by atoms with Crippen LogP contribution in [0, 0.1) is 0 Å². The van der Waals surface area contributed by atoms with Crippen LogP contribution in [-0.2, 0) is 0 Å². The smallest absolute Gasteiger partial charge is 0.258 e. The lowest BCUT2D eigenvalue weighted by molar-refractivity contribution is 0.582. The molecule has 1 aromatic heterocycles. The van der Waals surface area contributed by atoms with Crippen LogP contribution in [0.5, 0.6) is 0 Å². The Morgan fingerprint density at radius 1 is 1.15 bits per heavy atom. The van der Waals surface area contributed by atoms with Crippen molar-refractivity contribution < 1.29 is 0 Å². The molecule has 4 nitrogen and oxygen atoms in total. The van der Waals surface area contributed by atoms with Gasteiger partial charge < -0.3 is 14.8 Å². The number of hydrogen-bond donors (Lipinski definition) is 1. The molecule has 1 aliphatic rings. The van der Waals surface area contributed by atoms with Crippen LogP contribution in [0.2, 0.25) is 0 Å². The number of rotatable bonds is 2. The van der Waals surface area contributed by atoms with Gasteiger partial charge in [-0.15, -0.1) is 0 Å². The molecule has 0 atom stereocenters. The minimum absolute atomic E-state index is 0.101. The molecule has 20 heavy (non-hydrogen) atoms. The Morgan fingerprint density at radius 2 is 1.90 bits per heavy atom. The molecule has 1 saturated heterocycles. The van der Waals surface area contributed by atoms with E-state index in [1.165, 1.54) is 5.69 Å². The lowest BCUT2D eigenvalue weighted by atomic mass is 10.1. The van der Waals surface area contributed by atoms with Crippen LogP contribution in [0.3, 0.4) is 0 Å². The highest BCUT2D eigenvalue weighted by Gasteiger charge is 2.12. The van der Waals surface area contributed by atoms with E-state index in [4.69, 9.17) is 0 Å². The lowest BCUT2D eigenvalue weighted by Crippen LogP contribution is -2.43. The average molecular weight is 271 g/mol. The number of benzene rings is 1. The summed E-state index contributed by atoms with van der Waals surface area (Å²) in [4.78, 5) is 14.8. The van der Waals surface area contributed by atoms with Crippen LogP contribution >= 0.6 is 0 Å². The summed E-state index contributed by atoms with van der Waals surface area (Å²) >= 11 is 0. The maximum Gasteiger partial charge on any atom is 0.258 e. The minimum atomic E-state index is 0.101. The van der Waals surface area contributed by atoms with Gasteiger partial charge in [-0.1, -0.05) is 0 Å². The predicted molar refractivity (Wildman–Crippen MR) is 83.7 cm³/mol. The van der Waals surface area contributed by atoms with Gasteiger partial charge >= 0.3 is 0 Å². The molecule has 1 N–H and O–H groups in total. The number of aromatic nitrogens is 1. The minimum Gasteiger partial charge on any atom is -0.369 e. The van der Waals surface area contributed by atoms with E-state index in [0.717, 1.165) is 37.0 Å². The lowest BCUT2D eigenvalue weighted by Gasteiger charge is -2.29. The number of hydrogen-bond acceptors (Lipinski definition) is 3. The normalized spacial score (nSPS) is 16.1. The number of nitrogens with one attached hydrogen (secondary N) is 1. The molecule has 0 saturated carbocycles. The Labute approximate surface area is 119 Å². The predicted octanol–water partition coefficient (Wildman–Crippen LogP) is 1.99.